The quantitative estimate of drug-likeness (QED) is 0.165. The third-order valence-corrected chi connectivity index (χ3v) is 20.0. The number of rotatable bonds is 3. The summed E-state index contributed by atoms with van der Waals surface area (Å²) in [6.07, 6.45) is 7.07. The maximum atomic E-state index is 7.23. The Balaban J connectivity index is 1.23. The highest BCUT2D eigenvalue weighted by Crippen LogP contribution is 2.55. The lowest BCUT2D eigenvalue weighted by Gasteiger charge is -2.47. The van der Waals surface area contributed by atoms with Crippen molar-refractivity contribution >= 4 is 79.2 Å². The number of anilines is 6. The highest BCUT2D eigenvalue weighted by Gasteiger charge is 2.48. The van der Waals surface area contributed by atoms with Crippen molar-refractivity contribution in [3.05, 3.63) is 134 Å². The van der Waals surface area contributed by atoms with Crippen LogP contribution in [0.15, 0.2) is 83.3 Å². The largest absolute Gasteiger partial charge is 0.456 e. The maximum absolute atomic E-state index is 7.23. The van der Waals surface area contributed by atoms with Crippen LogP contribution in [0.3, 0.4) is 0 Å². The molecule has 5 aliphatic rings. The van der Waals surface area contributed by atoms with Gasteiger partial charge in [0.25, 0.3) is 6.71 Å². The van der Waals surface area contributed by atoms with E-state index in [-0.39, 0.29) is 44.6 Å². The summed E-state index contributed by atoms with van der Waals surface area (Å²) < 4.78 is 7.23. The molecule has 0 fully saturated rings. The van der Waals surface area contributed by atoms with E-state index >= 15 is 0 Å². The standard InChI is InChI=1S/C69H83BN2O/c1-39(2)42-20-21-52-56(30-42)71(54-35-49-46(28-40(54)3)64(8,9)22-25-67(49,14)15)58-31-43(63(5,6)7)32-59-62(58)70(52)53-38-61-45(44-33-48-51(37-60(44)73-61)69(18,19)27-24-66(48,12)13)34-57(53)72(59)55-36-50-47(29-41(55)4)65(10,11)23-26-68(50,16)17/h20-21,28-39H,22-27H2,1-19H3. The fraction of sp³-hybridized carbons (Fsp3) is 0.478. The Bertz CT molecular complexity index is 3520. The molecule has 0 saturated heterocycles. The number of aryl methyl sites for hydroxylation is 2. The lowest BCUT2D eigenvalue weighted by atomic mass is 9.33. The van der Waals surface area contributed by atoms with Crippen LogP contribution < -0.4 is 26.2 Å². The van der Waals surface area contributed by atoms with Gasteiger partial charge in [-0.05, 0) is 223 Å². The highest BCUT2D eigenvalue weighted by atomic mass is 16.3. The molecule has 0 atom stereocenters. The van der Waals surface area contributed by atoms with Crippen molar-refractivity contribution in [3.8, 4) is 0 Å². The second-order valence-electron chi connectivity index (χ2n) is 29.3. The number of furan rings is 1. The number of fused-ring (bicyclic) bond motifs is 10. The Kier molecular flexibility index (Phi) is 10.2. The summed E-state index contributed by atoms with van der Waals surface area (Å²) in [5.74, 6) is 0.376. The second-order valence-corrected chi connectivity index (χ2v) is 29.3. The first-order valence-electron chi connectivity index (χ1n) is 28.2. The van der Waals surface area contributed by atoms with Gasteiger partial charge in [0, 0.05) is 44.9 Å². The predicted octanol–water partition coefficient (Wildman–Crippen LogP) is 17.8. The zero-order chi connectivity index (χ0) is 52.2. The molecule has 0 radical (unpaired) electrons. The Hall–Kier alpha value is -5.22. The molecule has 73 heavy (non-hydrogen) atoms. The van der Waals surface area contributed by atoms with E-state index in [1.54, 1.807) is 0 Å². The van der Waals surface area contributed by atoms with E-state index < -0.39 is 0 Å². The molecule has 3 nitrogen and oxygen atoms in total. The van der Waals surface area contributed by atoms with E-state index in [0.717, 1.165) is 11.2 Å². The molecule has 0 N–H and O–H groups in total. The zero-order valence-electron chi connectivity index (χ0n) is 48.2. The third-order valence-electron chi connectivity index (χ3n) is 20.0. The summed E-state index contributed by atoms with van der Waals surface area (Å²) in [6, 6.07) is 33.1. The molecule has 3 heterocycles. The first-order chi connectivity index (χ1) is 33.9. The van der Waals surface area contributed by atoms with Crippen LogP contribution in [-0.4, -0.2) is 6.71 Å². The van der Waals surface area contributed by atoms with E-state index in [0.29, 0.717) is 5.92 Å². The van der Waals surface area contributed by atoms with Crippen molar-refractivity contribution in [3.63, 3.8) is 0 Å². The zero-order valence-corrected chi connectivity index (χ0v) is 48.2. The smallest absolute Gasteiger partial charge is 0.252 e. The minimum atomic E-state index is -0.128. The minimum Gasteiger partial charge on any atom is -0.456 e. The van der Waals surface area contributed by atoms with Crippen LogP contribution in [0.5, 0.6) is 0 Å². The van der Waals surface area contributed by atoms with Crippen LogP contribution in [0.2, 0.25) is 0 Å². The Labute approximate surface area is 439 Å². The lowest BCUT2D eigenvalue weighted by Crippen LogP contribution is -2.61. The van der Waals surface area contributed by atoms with Crippen molar-refractivity contribution in [2.24, 2.45) is 0 Å². The van der Waals surface area contributed by atoms with Crippen LogP contribution in [0.1, 0.15) is 218 Å². The Morgan fingerprint density at radius 3 is 1.29 bits per heavy atom. The SMILES string of the molecule is Cc1cc2c(cc1N1c3cc(C(C)C)ccc3B3c4cc5oc6cc7c(cc6c5cc4N(c4cc5c(cc4C)C(C)(C)CCC5(C)C)c4cc(C(C)(C)C)cc1c43)C(C)(C)CCC7(C)C)C(C)(C)CCC2(C)C. The van der Waals surface area contributed by atoms with Crippen LogP contribution in [0.25, 0.3) is 21.9 Å². The molecule has 7 aromatic rings. The maximum Gasteiger partial charge on any atom is 0.252 e. The first-order valence-corrected chi connectivity index (χ1v) is 28.2. The molecule has 0 saturated carbocycles. The number of nitrogens with zero attached hydrogens (tertiary/aromatic N) is 2. The van der Waals surface area contributed by atoms with Gasteiger partial charge in [-0.15, -0.1) is 0 Å². The molecule has 3 aliphatic carbocycles. The first kappa shape index (κ1) is 48.7. The molecule has 2 aliphatic heterocycles. The van der Waals surface area contributed by atoms with E-state index in [9.17, 15) is 0 Å². The van der Waals surface area contributed by atoms with Crippen LogP contribution in [-0.2, 0) is 37.9 Å². The van der Waals surface area contributed by atoms with Gasteiger partial charge < -0.3 is 14.2 Å². The van der Waals surface area contributed by atoms with Crippen molar-refractivity contribution in [1.29, 1.82) is 0 Å². The van der Waals surface area contributed by atoms with Gasteiger partial charge >= 0.3 is 0 Å². The van der Waals surface area contributed by atoms with Gasteiger partial charge in [-0.3, -0.25) is 0 Å². The summed E-state index contributed by atoms with van der Waals surface area (Å²) in [4.78, 5) is 5.45. The predicted molar refractivity (Wildman–Crippen MR) is 316 cm³/mol. The van der Waals surface area contributed by atoms with Crippen molar-refractivity contribution in [1.82, 2.24) is 0 Å². The molecule has 4 heteroatoms. The van der Waals surface area contributed by atoms with Gasteiger partial charge in [-0.25, -0.2) is 0 Å². The molecular weight excluding hydrogens is 884 g/mol. The lowest BCUT2D eigenvalue weighted by molar-refractivity contribution is 0.332. The van der Waals surface area contributed by atoms with Crippen LogP contribution in [0, 0.1) is 13.8 Å². The highest BCUT2D eigenvalue weighted by molar-refractivity contribution is 7.00. The fourth-order valence-corrected chi connectivity index (χ4v) is 14.6. The number of hydrogen-bond donors (Lipinski definition) is 0. The van der Waals surface area contributed by atoms with Gasteiger partial charge in [0.1, 0.15) is 11.2 Å². The molecule has 0 unspecified atom stereocenters. The molecule has 0 bridgehead atoms. The normalized spacial score (nSPS) is 20.4. The summed E-state index contributed by atoms with van der Waals surface area (Å²) in [5.41, 5.74) is 28.4. The van der Waals surface area contributed by atoms with E-state index in [2.05, 4.69) is 220 Å². The van der Waals surface area contributed by atoms with E-state index in [1.165, 1.54) is 155 Å². The molecular formula is C69H83BN2O. The summed E-state index contributed by atoms with van der Waals surface area (Å²) in [7, 11) is 0. The van der Waals surface area contributed by atoms with Crippen molar-refractivity contribution in [2.45, 2.75) is 214 Å². The molecule has 1 aromatic heterocycles. The fourth-order valence-electron chi connectivity index (χ4n) is 14.6. The third kappa shape index (κ3) is 7.09. The van der Waals surface area contributed by atoms with Gasteiger partial charge in [0.05, 0.1) is 0 Å². The number of benzene rings is 6. The van der Waals surface area contributed by atoms with E-state index in [1.807, 2.05) is 0 Å². The van der Waals surface area contributed by atoms with Crippen molar-refractivity contribution in [2.75, 3.05) is 9.80 Å². The van der Waals surface area contributed by atoms with Crippen LogP contribution in [0.4, 0.5) is 34.1 Å². The monoisotopic (exact) mass is 967 g/mol. The summed E-state index contributed by atoms with van der Waals surface area (Å²) >= 11 is 0. The molecule has 0 amide bonds. The molecule has 378 valence electrons. The van der Waals surface area contributed by atoms with Crippen molar-refractivity contribution < 1.29 is 4.42 Å². The van der Waals surface area contributed by atoms with Crippen LogP contribution >= 0.6 is 0 Å². The van der Waals surface area contributed by atoms with Gasteiger partial charge in [0.15, 0.2) is 0 Å². The van der Waals surface area contributed by atoms with Gasteiger partial charge in [-0.2, -0.15) is 0 Å². The Morgan fingerprint density at radius 1 is 0.438 bits per heavy atom. The minimum absolute atomic E-state index is 0.0250. The topological polar surface area (TPSA) is 19.6 Å². The molecule has 6 aromatic carbocycles. The number of hydrogen-bond acceptors (Lipinski definition) is 3. The van der Waals surface area contributed by atoms with Gasteiger partial charge in [0.2, 0.25) is 0 Å². The average molecular weight is 967 g/mol. The Morgan fingerprint density at radius 2 is 0.836 bits per heavy atom. The molecule has 12 rings (SSSR count). The molecule has 0 spiro atoms. The average Bonchev–Trinajstić information content (AvgIpc) is 3.66. The van der Waals surface area contributed by atoms with Gasteiger partial charge in [-0.1, -0.05) is 142 Å². The second kappa shape index (κ2) is 15.2. The van der Waals surface area contributed by atoms with E-state index in [4.69, 9.17) is 4.42 Å². The summed E-state index contributed by atoms with van der Waals surface area (Å²) in [6.45, 7) is 46.2. The summed E-state index contributed by atoms with van der Waals surface area (Å²) in [5, 5.41) is 2.43.